The van der Waals surface area contributed by atoms with Gasteiger partial charge in [-0.3, -0.25) is 9.69 Å². The molecule has 13 heteroatoms. The molecule has 0 saturated carbocycles. The Morgan fingerprint density at radius 1 is 1.05 bits per heavy atom. The smallest absolute Gasteiger partial charge is 0.369 e. The first-order valence-corrected chi connectivity index (χ1v) is 14.1. The van der Waals surface area contributed by atoms with E-state index in [4.69, 9.17) is 0 Å². The fourth-order valence-corrected chi connectivity index (χ4v) is 5.88. The van der Waals surface area contributed by atoms with E-state index in [9.17, 15) is 24.1 Å². The van der Waals surface area contributed by atoms with Crippen molar-refractivity contribution < 1.29 is 24.1 Å². The number of fused-ring (bicyclic) bond motifs is 2. The van der Waals surface area contributed by atoms with Crippen molar-refractivity contribution in [2.75, 3.05) is 66.8 Å². The van der Waals surface area contributed by atoms with Gasteiger partial charge in [0, 0.05) is 62.9 Å². The number of urea groups is 1. The number of carbonyl (C=O) groups excluding carboxylic acids is 2. The van der Waals surface area contributed by atoms with Crippen LogP contribution in [0.4, 0.5) is 46.8 Å². The van der Waals surface area contributed by atoms with Crippen LogP contribution in [-0.2, 0) is 11.3 Å². The molecular weight excluding hydrogens is 561 g/mol. The summed E-state index contributed by atoms with van der Waals surface area (Å²) >= 11 is 0. The minimum absolute atomic E-state index is 0.00626. The number of likely N-dealkylation sites (N-methyl/N-ethyl adjacent to an activating group) is 1. The molecule has 0 radical (unpaired) electrons. The van der Waals surface area contributed by atoms with Crippen LogP contribution in [0.2, 0.25) is 0 Å². The van der Waals surface area contributed by atoms with Gasteiger partial charge in [0.05, 0.1) is 19.6 Å². The van der Waals surface area contributed by atoms with Crippen LogP contribution in [0, 0.1) is 6.92 Å². The first kappa shape index (κ1) is 27.4. The quantitative estimate of drug-likeness (QED) is 0.468. The summed E-state index contributed by atoms with van der Waals surface area (Å²) in [7, 11) is 3.66. The van der Waals surface area contributed by atoms with Gasteiger partial charge < -0.3 is 24.9 Å². The monoisotopic (exact) mass is 595 g/mol. The number of nitrogens with zero attached hydrogens (tertiary/aromatic N) is 7. The van der Waals surface area contributed by atoms with E-state index >= 15 is 0 Å². The number of anilines is 5. The topological polar surface area (TPSA) is 88.2 Å². The van der Waals surface area contributed by atoms with Crippen LogP contribution < -0.4 is 20.0 Å². The number of amides is 3. The number of benzene rings is 2. The van der Waals surface area contributed by atoms with Crippen LogP contribution in [0.25, 0.3) is 0 Å². The second kappa shape index (κ2) is 11.0. The molecule has 2 aromatic carbocycles. The molecule has 3 aliphatic rings. The predicted molar refractivity (Wildman–Crippen MR) is 158 cm³/mol. The molecule has 1 fully saturated rings. The summed E-state index contributed by atoms with van der Waals surface area (Å²) in [5, 5.41) is 3.19. The van der Waals surface area contributed by atoms with Crippen molar-refractivity contribution in [2.45, 2.75) is 32.1 Å². The molecule has 3 aromatic rings. The zero-order chi connectivity index (χ0) is 31.4. The number of hydrogen-bond acceptors (Lipinski definition) is 7. The van der Waals surface area contributed by atoms with E-state index in [-0.39, 0.29) is 30.8 Å². The maximum absolute atomic E-state index is 13.7. The van der Waals surface area contributed by atoms with Crippen LogP contribution >= 0.6 is 0 Å². The van der Waals surface area contributed by atoms with E-state index in [2.05, 4.69) is 32.1 Å². The van der Waals surface area contributed by atoms with E-state index in [1.54, 1.807) is 25.3 Å². The van der Waals surface area contributed by atoms with Crippen molar-refractivity contribution in [3.05, 3.63) is 65.4 Å². The number of aryl methyl sites for hydroxylation is 1. The van der Waals surface area contributed by atoms with Crippen LogP contribution in [0.1, 0.15) is 30.5 Å². The van der Waals surface area contributed by atoms with Gasteiger partial charge in [-0.05, 0) is 55.8 Å². The molecular formula is C30H33F3N8O2. The molecule has 0 bridgehead atoms. The molecule has 43 heavy (non-hydrogen) atoms. The highest BCUT2D eigenvalue weighted by Crippen LogP contribution is 2.43. The summed E-state index contributed by atoms with van der Waals surface area (Å²) in [6.45, 7) is 5.14. The molecule has 1 unspecified atom stereocenters. The van der Waals surface area contributed by atoms with Crippen LogP contribution in [0.15, 0.2) is 48.7 Å². The molecule has 3 amide bonds. The molecule has 1 N–H and O–H groups in total. The van der Waals surface area contributed by atoms with Gasteiger partial charge in [0.1, 0.15) is 5.82 Å². The molecule has 0 spiro atoms. The molecule has 6 rings (SSSR count). The normalized spacial score (nSPS) is 21.3. The van der Waals surface area contributed by atoms with Gasteiger partial charge in [-0.2, -0.15) is 18.2 Å². The highest BCUT2D eigenvalue weighted by Gasteiger charge is 2.47. The second-order valence-electron chi connectivity index (χ2n) is 11.1. The number of hydrogen-bond donors (Lipinski definition) is 1. The van der Waals surface area contributed by atoms with Crippen LogP contribution in [0.5, 0.6) is 0 Å². The number of para-hydroxylation sites is 1. The summed E-state index contributed by atoms with van der Waals surface area (Å²) in [5.41, 5.74) is 3.07. The van der Waals surface area contributed by atoms with Gasteiger partial charge in [0.15, 0.2) is 0 Å². The fourth-order valence-electron chi connectivity index (χ4n) is 5.88. The van der Waals surface area contributed by atoms with Gasteiger partial charge >= 0.3 is 18.1 Å². The number of alkyl halides is 3. The summed E-state index contributed by atoms with van der Waals surface area (Å²) in [4.78, 5) is 43.0. The third kappa shape index (κ3) is 5.44. The number of aromatic nitrogens is 2. The lowest BCUT2D eigenvalue weighted by Crippen LogP contribution is -2.51. The maximum atomic E-state index is 13.7. The van der Waals surface area contributed by atoms with Crippen molar-refractivity contribution in [2.24, 2.45) is 0 Å². The van der Waals surface area contributed by atoms with E-state index in [1.807, 2.05) is 24.3 Å². The minimum Gasteiger partial charge on any atom is -0.369 e. The fraction of sp³-hybridized carbons (Fsp3) is 0.400. The molecule has 10 nitrogen and oxygen atoms in total. The lowest BCUT2D eigenvalue weighted by molar-refractivity contribution is -0.170. The van der Waals surface area contributed by atoms with Crippen LogP contribution in [0.3, 0.4) is 0 Å². The van der Waals surface area contributed by atoms with Crippen molar-refractivity contribution in [3.8, 4) is 0 Å². The Bertz CT molecular complexity index is 1600. The summed E-state index contributed by atoms with van der Waals surface area (Å²) in [6, 6.07) is 10.4. The number of piperazine rings is 1. The molecule has 0 aliphatic carbocycles. The Morgan fingerprint density at radius 2 is 1.77 bits per heavy atom. The first-order chi connectivity index (χ1) is 20.9. The number of carbonyl (C=O) groups is 2. The van der Waals surface area contributed by atoms with Crippen molar-refractivity contribution >= 4 is 40.8 Å². The molecule has 1 aromatic heterocycles. The average molecular weight is 596 g/mol. The maximum Gasteiger partial charge on any atom is 0.471 e. The SMILES string of the molecule is [2H]C1(N2Cc3cnc(Nc4ccc(N5CCN(C)CC5)cc4)nc3N(C)C2=O)CCN(C(=O)C(F)(F)F)c2c(C)cccc21. The lowest BCUT2D eigenvalue weighted by atomic mass is 9.91. The molecule has 4 heterocycles. The van der Waals surface area contributed by atoms with E-state index in [0.29, 0.717) is 27.8 Å². The number of halogens is 3. The Balaban J connectivity index is 1.24. The highest BCUT2D eigenvalue weighted by molar-refractivity contribution is 6.00. The Morgan fingerprint density at radius 3 is 2.47 bits per heavy atom. The van der Waals surface area contributed by atoms with Crippen molar-refractivity contribution in [1.82, 2.24) is 19.8 Å². The van der Waals surface area contributed by atoms with Gasteiger partial charge in [-0.1, -0.05) is 18.2 Å². The van der Waals surface area contributed by atoms with Gasteiger partial charge in [0.2, 0.25) is 5.95 Å². The lowest BCUT2D eigenvalue weighted by Gasteiger charge is -2.43. The average Bonchev–Trinajstić information content (AvgIpc) is 3.00. The Kier molecular flexibility index (Phi) is 7.04. The molecule has 226 valence electrons. The molecule has 1 atom stereocenters. The zero-order valence-electron chi connectivity index (χ0n) is 25.1. The van der Waals surface area contributed by atoms with E-state index < -0.39 is 24.1 Å². The van der Waals surface area contributed by atoms with E-state index in [1.165, 1.54) is 22.9 Å². The summed E-state index contributed by atoms with van der Waals surface area (Å²) in [5.74, 6) is -1.33. The zero-order valence-corrected chi connectivity index (χ0v) is 24.1. The predicted octanol–water partition coefficient (Wildman–Crippen LogP) is 4.69. The number of nitrogens with one attached hydrogen (secondary N) is 1. The first-order valence-electron chi connectivity index (χ1n) is 14.6. The van der Waals surface area contributed by atoms with Gasteiger partial charge in [-0.15, -0.1) is 0 Å². The largest absolute Gasteiger partial charge is 0.471 e. The van der Waals surface area contributed by atoms with Crippen LogP contribution in [-0.4, -0.2) is 84.7 Å². The van der Waals surface area contributed by atoms with Crippen molar-refractivity contribution in [1.29, 1.82) is 0 Å². The standard InChI is InChI=1S/C30H33F3N8O2/c1-19-5-4-6-23-24(11-12-40(25(19)23)27(42)30(31,32)33)41-18-20-17-34-28(36-26(20)38(3)29(41)43)35-21-7-9-22(10-8-21)39-15-13-37(2)14-16-39/h4-10,17,24H,11-16,18H2,1-3H3,(H,34,35,36)/i24D. The number of rotatable bonds is 4. The highest BCUT2D eigenvalue weighted by atomic mass is 19.4. The van der Waals surface area contributed by atoms with E-state index in [0.717, 1.165) is 37.6 Å². The molecule has 1 saturated heterocycles. The summed E-state index contributed by atoms with van der Waals surface area (Å²) < 4.78 is 49.7. The molecule has 3 aliphatic heterocycles. The van der Waals surface area contributed by atoms with Gasteiger partial charge in [0.25, 0.3) is 0 Å². The minimum atomic E-state index is -5.07. The third-order valence-corrected chi connectivity index (χ3v) is 8.20. The second-order valence-corrected chi connectivity index (χ2v) is 11.1. The Hall–Kier alpha value is -4.39. The van der Waals surface area contributed by atoms with Crippen molar-refractivity contribution in [3.63, 3.8) is 0 Å². The summed E-state index contributed by atoms with van der Waals surface area (Å²) in [6.07, 6.45) is -3.69. The third-order valence-electron chi connectivity index (χ3n) is 8.20. The Labute approximate surface area is 249 Å². The van der Waals surface area contributed by atoms with Gasteiger partial charge in [-0.25, -0.2) is 9.78 Å².